The number of carbonyl (C=O) groups excluding carboxylic acids is 2. The zero-order valence-electron chi connectivity index (χ0n) is 12.6. The molecule has 2 rings (SSSR count). The lowest BCUT2D eigenvalue weighted by Gasteiger charge is -2.13. The number of benzene rings is 2. The van der Waals surface area contributed by atoms with Crippen LogP contribution < -0.4 is 5.32 Å². The van der Waals surface area contributed by atoms with E-state index in [4.69, 9.17) is 4.74 Å². The first-order valence-electron chi connectivity index (χ1n) is 6.94. The van der Waals surface area contributed by atoms with Crippen LogP contribution >= 0.6 is 0 Å². The molecule has 120 valence electrons. The number of carbonyl (C=O) groups is 2. The van der Waals surface area contributed by atoms with Gasteiger partial charge in [-0.3, -0.25) is 5.32 Å². The number of hydrogen-bond acceptors (Lipinski definition) is 5. The number of aliphatic hydroxyl groups excluding tert-OH is 1. The maximum atomic E-state index is 11.9. The summed E-state index contributed by atoms with van der Waals surface area (Å²) in [4.78, 5) is 23.5. The molecule has 0 atom stereocenters. The molecule has 0 aliphatic heterocycles. The molecule has 0 unspecified atom stereocenters. The van der Waals surface area contributed by atoms with Gasteiger partial charge < -0.3 is 14.6 Å². The molecule has 0 bridgehead atoms. The molecule has 0 spiro atoms. The highest BCUT2D eigenvalue weighted by atomic mass is 16.5. The molecule has 0 fully saturated rings. The Morgan fingerprint density at radius 3 is 2.48 bits per heavy atom. The quantitative estimate of drug-likeness (QED) is 0.829. The molecule has 0 heterocycles. The van der Waals surface area contributed by atoms with Crippen LogP contribution in [0.15, 0.2) is 48.5 Å². The van der Waals surface area contributed by atoms with Crippen molar-refractivity contribution in [3.8, 4) is 0 Å². The Morgan fingerprint density at radius 1 is 1.09 bits per heavy atom. The zero-order valence-corrected chi connectivity index (χ0v) is 12.6. The van der Waals surface area contributed by atoms with Crippen molar-refractivity contribution in [2.24, 2.45) is 0 Å². The number of ether oxygens (including phenoxy) is 2. The third-order valence-corrected chi connectivity index (χ3v) is 3.19. The molecule has 2 aromatic rings. The Labute approximate surface area is 133 Å². The van der Waals surface area contributed by atoms with E-state index < -0.39 is 18.7 Å². The van der Waals surface area contributed by atoms with Crippen molar-refractivity contribution in [3.63, 3.8) is 0 Å². The number of methoxy groups -OCH3 is 1. The second kappa shape index (κ2) is 7.95. The van der Waals surface area contributed by atoms with Gasteiger partial charge in [0.15, 0.2) is 0 Å². The Kier molecular flexibility index (Phi) is 5.71. The van der Waals surface area contributed by atoms with E-state index >= 15 is 0 Å². The third-order valence-electron chi connectivity index (χ3n) is 3.19. The Morgan fingerprint density at radius 2 is 1.83 bits per heavy atom. The summed E-state index contributed by atoms with van der Waals surface area (Å²) in [5.41, 5.74) is 1.62. The van der Waals surface area contributed by atoms with Gasteiger partial charge in [0.1, 0.15) is 6.61 Å². The molecule has 0 aliphatic carbocycles. The monoisotopic (exact) mass is 315 g/mol. The van der Waals surface area contributed by atoms with Gasteiger partial charge in [-0.25, -0.2) is 9.59 Å². The smallest absolute Gasteiger partial charge is 0.411 e. The maximum Gasteiger partial charge on any atom is 0.411 e. The number of aliphatic hydroxyl groups is 1. The molecule has 0 saturated carbocycles. The molecule has 0 radical (unpaired) electrons. The lowest BCUT2D eigenvalue weighted by atomic mass is 10.1. The number of anilines is 1. The maximum absolute atomic E-state index is 11.9. The van der Waals surface area contributed by atoms with Crippen molar-refractivity contribution in [1.82, 2.24) is 0 Å². The summed E-state index contributed by atoms with van der Waals surface area (Å²) in [5.74, 6) is -0.588. The molecule has 6 nitrogen and oxygen atoms in total. The Bertz CT molecular complexity index is 685. The topological polar surface area (TPSA) is 84.9 Å². The van der Waals surface area contributed by atoms with E-state index in [2.05, 4.69) is 10.1 Å². The van der Waals surface area contributed by atoms with Crippen LogP contribution in [0.2, 0.25) is 0 Å². The molecule has 0 saturated heterocycles. The third kappa shape index (κ3) is 4.31. The highest BCUT2D eigenvalue weighted by molar-refractivity contribution is 5.95. The van der Waals surface area contributed by atoms with Gasteiger partial charge >= 0.3 is 12.1 Å². The van der Waals surface area contributed by atoms with Crippen molar-refractivity contribution >= 4 is 17.7 Å². The number of nitrogens with one attached hydrogen (secondary N) is 1. The lowest BCUT2D eigenvalue weighted by Crippen LogP contribution is -2.16. The summed E-state index contributed by atoms with van der Waals surface area (Å²) in [5, 5.41) is 12.0. The predicted octanol–water partition coefficient (Wildman–Crippen LogP) is 2.71. The van der Waals surface area contributed by atoms with Gasteiger partial charge in [-0.2, -0.15) is 0 Å². The van der Waals surface area contributed by atoms with E-state index in [-0.39, 0.29) is 17.7 Å². The summed E-state index contributed by atoms with van der Waals surface area (Å²) >= 11 is 0. The molecule has 2 aromatic carbocycles. The molecule has 0 aliphatic rings. The van der Waals surface area contributed by atoms with E-state index in [0.717, 1.165) is 5.56 Å². The van der Waals surface area contributed by atoms with Crippen molar-refractivity contribution in [1.29, 1.82) is 0 Å². The van der Waals surface area contributed by atoms with Crippen molar-refractivity contribution in [2.75, 3.05) is 12.4 Å². The van der Waals surface area contributed by atoms with Crippen LogP contribution in [0.3, 0.4) is 0 Å². The second-order valence-corrected chi connectivity index (χ2v) is 4.67. The van der Waals surface area contributed by atoms with Crippen molar-refractivity contribution in [3.05, 3.63) is 65.2 Å². The molecular weight excluding hydrogens is 298 g/mol. The molecule has 2 N–H and O–H groups in total. The number of hydrogen-bond donors (Lipinski definition) is 2. The number of rotatable bonds is 5. The minimum absolute atomic E-state index is 0.123. The van der Waals surface area contributed by atoms with E-state index in [1.807, 2.05) is 30.3 Å². The molecule has 1 amide bonds. The van der Waals surface area contributed by atoms with Gasteiger partial charge in [0.2, 0.25) is 0 Å². The Balaban J connectivity index is 2.07. The highest BCUT2D eigenvalue weighted by Crippen LogP contribution is 2.21. The van der Waals surface area contributed by atoms with E-state index in [0.29, 0.717) is 5.69 Å². The fraction of sp³-hybridized carbons (Fsp3) is 0.176. The molecular formula is C17H17NO5. The second-order valence-electron chi connectivity index (χ2n) is 4.67. The zero-order chi connectivity index (χ0) is 16.7. The van der Waals surface area contributed by atoms with Crippen LogP contribution in [-0.4, -0.2) is 24.3 Å². The summed E-state index contributed by atoms with van der Waals surface area (Å²) in [6, 6.07) is 13.9. The summed E-state index contributed by atoms with van der Waals surface area (Å²) in [6.07, 6.45) is -0.675. The van der Waals surface area contributed by atoms with Crippen LogP contribution in [-0.2, 0) is 22.7 Å². The van der Waals surface area contributed by atoms with Gasteiger partial charge in [0, 0.05) is 5.56 Å². The van der Waals surface area contributed by atoms with Crippen LogP contribution in [0.1, 0.15) is 21.5 Å². The minimum Gasteiger partial charge on any atom is -0.465 e. The normalized spacial score (nSPS) is 10.0. The SMILES string of the molecule is COC(=O)c1cccc(NC(=O)OCc2ccccc2)c1CO. The Hall–Kier alpha value is -2.86. The minimum atomic E-state index is -0.675. The van der Waals surface area contributed by atoms with Crippen LogP contribution in [0.4, 0.5) is 10.5 Å². The van der Waals surface area contributed by atoms with Crippen LogP contribution in [0, 0.1) is 0 Å². The van der Waals surface area contributed by atoms with E-state index in [1.54, 1.807) is 12.1 Å². The van der Waals surface area contributed by atoms with Crippen LogP contribution in [0.5, 0.6) is 0 Å². The van der Waals surface area contributed by atoms with Gasteiger partial charge in [-0.05, 0) is 17.7 Å². The molecule has 23 heavy (non-hydrogen) atoms. The van der Waals surface area contributed by atoms with Gasteiger partial charge in [-0.1, -0.05) is 36.4 Å². The lowest BCUT2D eigenvalue weighted by molar-refractivity contribution is 0.0597. The summed E-state index contributed by atoms with van der Waals surface area (Å²) in [6.45, 7) is -0.294. The first-order valence-corrected chi connectivity index (χ1v) is 6.94. The summed E-state index contributed by atoms with van der Waals surface area (Å²) in [7, 11) is 1.25. The summed E-state index contributed by atoms with van der Waals surface area (Å²) < 4.78 is 9.76. The van der Waals surface area contributed by atoms with Gasteiger partial charge in [0.25, 0.3) is 0 Å². The largest absolute Gasteiger partial charge is 0.465 e. The van der Waals surface area contributed by atoms with Gasteiger partial charge in [0.05, 0.1) is 25.0 Å². The van der Waals surface area contributed by atoms with Gasteiger partial charge in [-0.15, -0.1) is 0 Å². The standard InChI is InChI=1S/C17H17NO5/c1-22-16(20)13-8-5-9-15(14(13)10-19)18-17(21)23-11-12-6-3-2-4-7-12/h2-9,19H,10-11H2,1H3,(H,18,21). The fourth-order valence-corrected chi connectivity index (χ4v) is 2.04. The first-order chi connectivity index (χ1) is 11.2. The average Bonchev–Trinajstić information content (AvgIpc) is 2.60. The molecule has 6 heteroatoms. The molecule has 0 aromatic heterocycles. The van der Waals surface area contributed by atoms with Crippen LogP contribution in [0.25, 0.3) is 0 Å². The average molecular weight is 315 g/mol. The number of amides is 1. The predicted molar refractivity (Wildman–Crippen MR) is 84.0 cm³/mol. The fourth-order valence-electron chi connectivity index (χ4n) is 2.04. The van der Waals surface area contributed by atoms with E-state index in [9.17, 15) is 14.7 Å². The number of esters is 1. The highest BCUT2D eigenvalue weighted by Gasteiger charge is 2.16. The van der Waals surface area contributed by atoms with E-state index in [1.165, 1.54) is 13.2 Å². The van der Waals surface area contributed by atoms with Crippen molar-refractivity contribution < 1.29 is 24.2 Å². The van der Waals surface area contributed by atoms with Crippen molar-refractivity contribution in [2.45, 2.75) is 13.2 Å². The first kappa shape index (κ1) is 16.5.